The lowest BCUT2D eigenvalue weighted by Crippen LogP contribution is -2.32. The topological polar surface area (TPSA) is 48.0 Å². The highest BCUT2D eigenvalue weighted by Gasteiger charge is 2.18. The Labute approximate surface area is 219 Å². The van der Waals surface area contributed by atoms with Gasteiger partial charge in [-0.15, -0.1) is 0 Å². The van der Waals surface area contributed by atoms with Crippen LogP contribution in [0.4, 0.5) is 0 Å². The maximum Gasteiger partial charge on any atom is 0.254 e. The Morgan fingerprint density at radius 1 is 0.730 bits per heavy atom. The Morgan fingerprint density at radius 2 is 1.38 bits per heavy atom. The fourth-order valence-corrected chi connectivity index (χ4v) is 4.17. The van der Waals surface area contributed by atoms with Crippen molar-refractivity contribution in [3.8, 4) is 23.0 Å². The Kier molecular flexibility index (Phi) is 8.82. The number of benzene rings is 4. The van der Waals surface area contributed by atoms with Crippen molar-refractivity contribution in [1.82, 2.24) is 4.90 Å². The van der Waals surface area contributed by atoms with E-state index in [0.29, 0.717) is 30.2 Å². The lowest BCUT2D eigenvalue weighted by molar-refractivity contribution is 0.0740. The summed E-state index contributed by atoms with van der Waals surface area (Å²) in [7, 11) is 3.17. The Balaban J connectivity index is 1.51. The van der Waals surface area contributed by atoms with Crippen molar-refractivity contribution in [2.75, 3.05) is 20.8 Å². The van der Waals surface area contributed by atoms with E-state index in [2.05, 4.69) is 12.1 Å². The number of hydrogen-bond acceptors (Lipinski definition) is 4. The maximum absolute atomic E-state index is 13.7. The summed E-state index contributed by atoms with van der Waals surface area (Å²) in [5, 5.41) is 0. The fourth-order valence-electron chi connectivity index (χ4n) is 4.17. The summed E-state index contributed by atoms with van der Waals surface area (Å²) >= 11 is 0. The van der Waals surface area contributed by atoms with E-state index >= 15 is 0 Å². The van der Waals surface area contributed by atoms with E-state index in [1.165, 1.54) is 5.56 Å². The van der Waals surface area contributed by atoms with E-state index in [9.17, 15) is 4.79 Å². The monoisotopic (exact) mass is 495 g/mol. The molecule has 0 bridgehead atoms. The number of ether oxygens (including phenoxy) is 3. The van der Waals surface area contributed by atoms with Gasteiger partial charge in [0.2, 0.25) is 0 Å². The van der Waals surface area contributed by atoms with Gasteiger partial charge in [-0.05, 0) is 66.8 Å². The number of methoxy groups -OCH3 is 2. The number of hydrogen-bond donors (Lipinski definition) is 0. The molecule has 0 spiro atoms. The van der Waals surface area contributed by atoms with Crippen molar-refractivity contribution in [2.45, 2.75) is 26.3 Å². The summed E-state index contributed by atoms with van der Waals surface area (Å²) in [6, 6.07) is 31.5. The Morgan fingerprint density at radius 3 is 2.03 bits per heavy atom. The summed E-state index contributed by atoms with van der Waals surface area (Å²) in [6.45, 7) is 3.13. The van der Waals surface area contributed by atoms with Crippen LogP contribution < -0.4 is 14.2 Å². The van der Waals surface area contributed by atoms with Gasteiger partial charge in [0.15, 0.2) is 0 Å². The van der Waals surface area contributed by atoms with Crippen molar-refractivity contribution in [3.05, 3.63) is 119 Å². The van der Waals surface area contributed by atoms with Gasteiger partial charge in [0.1, 0.15) is 23.0 Å². The highest BCUT2D eigenvalue weighted by atomic mass is 16.5. The molecule has 5 nitrogen and oxygen atoms in total. The van der Waals surface area contributed by atoms with Gasteiger partial charge in [0, 0.05) is 24.7 Å². The summed E-state index contributed by atoms with van der Waals surface area (Å²) in [6.07, 6.45) is 1.75. The number of carbonyl (C=O) groups excluding carboxylic acids is 1. The third-order valence-electron chi connectivity index (χ3n) is 6.24. The molecule has 1 amide bonds. The smallest absolute Gasteiger partial charge is 0.254 e. The molecular weight excluding hydrogens is 462 g/mol. The van der Waals surface area contributed by atoms with E-state index in [1.807, 2.05) is 78.6 Å². The SMILES string of the molecule is COc1cc(OC)cc(C(=O)N(CCCc2ccccc2)Cc2ccc(Oc3ccccc3C)cc2)c1. The Hall–Kier alpha value is -4.25. The average molecular weight is 496 g/mol. The molecule has 0 N–H and O–H groups in total. The first-order valence-corrected chi connectivity index (χ1v) is 12.4. The summed E-state index contributed by atoms with van der Waals surface area (Å²) < 4.78 is 16.8. The van der Waals surface area contributed by atoms with Gasteiger partial charge in [-0.25, -0.2) is 0 Å². The van der Waals surface area contributed by atoms with E-state index in [-0.39, 0.29) is 5.91 Å². The van der Waals surface area contributed by atoms with Crippen LogP contribution in [0.15, 0.2) is 97.1 Å². The van der Waals surface area contributed by atoms with Gasteiger partial charge in [-0.2, -0.15) is 0 Å². The van der Waals surface area contributed by atoms with Crippen molar-refractivity contribution >= 4 is 5.91 Å². The predicted octanol–water partition coefficient (Wildman–Crippen LogP) is 7.08. The van der Waals surface area contributed by atoms with E-state index in [4.69, 9.17) is 14.2 Å². The lowest BCUT2D eigenvalue weighted by Gasteiger charge is -2.24. The molecule has 0 aliphatic carbocycles. The molecule has 190 valence electrons. The highest BCUT2D eigenvalue weighted by molar-refractivity contribution is 5.95. The first kappa shape index (κ1) is 25.8. The van der Waals surface area contributed by atoms with Crippen LogP contribution in [0.25, 0.3) is 0 Å². The zero-order valence-corrected chi connectivity index (χ0v) is 21.6. The minimum atomic E-state index is -0.0644. The normalized spacial score (nSPS) is 10.6. The summed E-state index contributed by atoms with van der Waals surface area (Å²) in [4.78, 5) is 15.5. The van der Waals surface area contributed by atoms with Crippen LogP contribution in [0.1, 0.15) is 33.5 Å². The van der Waals surface area contributed by atoms with Crippen LogP contribution in [0.2, 0.25) is 0 Å². The zero-order chi connectivity index (χ0) is 26.0. The molecular formula is C32H33NO4. The quantitative estimate of drug-likeness (QED) is 0.223. The van der Waals surface area contributed by atoms with Gasteiger partial charge in [0.25, 0.3) is 5.91 Å². The molecule has 0 unspecified atom stereocenters. The van der Waals surface area contributed by atoms with Crippen LogP contribution in [-0.4, -0.2) is 31.6 Å². The Bertz CT molecular complexity index is 1280. The number of amides is 1. The third kappa shape index (κ3) is 7.14. The minimum Gasteiger partial charge on any atom is -0.497 e. The number of aryl methyl sites for hydroxylation is 2. The molecule has 0 saturated carbocycles. The molecule has 0 atom stereocenters. The van der Waals surface area contributed by atoms with Gasteiger partial charge in [-0.3, -0.25) is 4.79 Å². The van der Waals surface area contributed by atoms with Crippen molar-refractivity contribution in [2.24, 2.45) is 0 Å². The van der Waals surface area contributed by atoms with Crippen molar-refractivity contribution < 1.29 is 19.0 Å². The zero-order valence-electron chi connectivity index (χ0n) is 21.6. The average Bonchev–Trinajstić information content (AvgIpc) is 2.94. The van der Waals surface area contributed by atoms with Crippen LogP contribution >= 0.6 is 0 Å². The van der Waals surface area contributed by atoms with Crippen LogP contribution in [0, 0.1) is 6.92 Å². The van der Waals surface area contributed by atoms with E-state index in [1.54, 1.807) is 32.4 Å². The molecule has 0 saturated heterocycles. The molecule has 0 radical (unpaired) electrons. The number of para-hydroxylation sites is 1. The maximum atomic E-state index is 13.7. The third-order valence-corrected chi connectivity index (χ3v) is 6.24. The standard InChI is InChI=1S/C32H33NO4/c1-24-10-7-8-14-31(24)37-28-17-15-26(16-18-28)23-33(19-9-13-25-11-5-4-6-12-25)32(34)27-20-29(35-2)22-30(21-27)36-3/h4-8,10-12,14-18,20-22H,9,13,19,23H2,1-3H3. The molecule has 0 aliphatic rings. The molecule has 5 heteroatoms. The summed E-state index contributed by atoms with van der Waals surface area (Å²) in [5.41, 5.74) is 3.90. The van der Waals surface area contributed by atoms with Crippen LogP contribution in [-0.2, 0) is 13.0 Å². The molecule has 4 rings (SSSR count). The molecule has 0 fully saturated rings. The van der Waals surface area contributed by atoms with E-state index < -0.39 is 0 Å². The molecule has 0 aliphatic heterocycles. The highest BCUT2D eigenvalue weighted by Crippen LogP contribution is 2.26. The van der Waals surface area contributed by atoms with Crippen LogP contribution in [0.3, 0.4) is 0 Å². The van der Waals surface area contributed by atoms with Crippen LogP contribution in [0.5, 0.6) is 23.0 Å². The second-order valence-electron chi connectivity index (χ2n) is 8.93. The van der Waals surface area contributed by atoms with Crippen molar-refractivity contribution in [1.29, 1.82) is 0 Å². The molecule has 0 aromatic heterocycles. The van der Waals surface area contributed by atoms with Gasteiger partial charge in [0.05, 0.1) is 14.2 Å². The van der Waals surface area contributed by atoms with Crippen molar-refractivity contribution in [3.63, 3.8) is 0 Å². The molecule has 4 aromatic carbocycles. The molecule has 37 heavy (non-hydrogen) atoms. The summed E-state index contributed by atoms with van der Waals surface area (Å²) in [5.74, 6) is 2.71. The number of rotatable bonds is 11. The number of carbonyl (C=O) groups is 1. The first-order chi connectivity index (χ1) is 18.1. The van der Waals surface area contributed by atoms with Gasteiger partial charge < -0.3 is 19.1 Å². The largest absolute Gasteiger partial charge is 0.497 e. The second kappa shape index (κ2) is 12.6. The van der Waals surface area contributed by atoms with Gasteiger partial charge in [-0.1, -0.05) is 60.7 Å². The second-order valence-corrected chi connectivity index (χ2v) is 8.93. The molecule has 4 aromatic rings. The first-order valence-electron chi connectivity index (χ1n) is 12.4. The van der Waals surface area contributed by atoms with E-state index in [0.717, 1.165) is 35.5 Å². The number of nitrogens with zero attached hydrogens (tertiary/aromatic N) is 1. The van der Waals surface area contributed by atoms with Gasteiger partial charge >= 0.3 is 0 Å². The fraction of sp³-hybridized carbons (Fsp3) is 0.219. The lowest BCUT2D eigenvalue weighted by atomic mass is 10.1. The minimum absolute atomic E-state index is 0.0644. The molecule has 0 heterocycles. The predicted molar refractivity (Wildman–Crippen MR) is 147 cm³/mol.